The van der Waals surface area contributed by atoms with Gasteiger partial charge in [-0.15, -0.1) is 0 Å². The van der Waals surface area contributed by atoms with Crippen molar-refractivity contribution >= 4 is 11.8 Å². The number of hydrogen-bond donors (Lipinski definition) is 1. The largest absolute Gasteiger partial charge is 0.355 e. The molecule has 0 spiro atoms. The molecule has 1 atom stereocenters. The fraction of sp³-hybridized carbons (Fsp3) is 0.562. The highest BCUT2D eigenvalue weighted by Crippen LogP contribution is 2.17. The number of hydrogen-bond acceptors (Lipinski definition) is 4. The zero-order valence-electron chi connectivity index (χ0n) is 13.3. The number of rotatable bonds is 7. The van der Waals surface area contributed by atoms with E-state index in [1.54, 1.807) is 17.3 Å². The molecule has 1 aromatic rings. The highest BCUT2D eigenvalue weighted by atomic mass is 16.2. The second-order valence-corrected chi connectivity index (χ2v) is 5.95. The standard InChI is InChI=1S/C16H24N4O2/c1-19(2)8-9-20-12-14(10-15(20)21)16(22)18-7-5-13-4-3-6-17-11-13/h3-4,6,11,14H,5,7-10,12H2,1-2H3,(H,18,22)/t14-/m0/s1. The predicted molar refractivity (Wildman–Crippen MR) is 84.2 cm³/mol. The molecule has 6 nitrogen and oxygen atoms in total. The smallest absolute Gasteiger partial charge is 0.225 e. The number of nitrogens with one attached hydrogen (secondary N) is 1. The molecule has 1 aromatic heterocycles. The van der Waals surface area contributed by atoms with Crippen LogP contribution in [0, 0.1) is 5.92 Å². The zero-order valence-corrected chi connectivity index (χ0v) is 13.3. The van der Waals surface area contributed by atoms with E-state index in [-0.39, 0.29) is 17.7 Å². The molecule has 1 aliphatic rings. The van der Waals surface area contributed by atoms with Gasteiger partial charge in [-0.1, -0.05) is 6.07 Å². The Hall–Kier alpha value is -1.95. The Morgan fingerprint density at radius 1 is 1.50 bits per heavy atom. The Morgan fingerprint density at radius 3 is 3.00 bits per heavy atom. The molecule has 1 saturated heterocycles. The molecule has 2 heterocycles. The van der Waals surface area contributed by atoms with Crippen molar-refractivity contribution in [2.75, 3.05) is 40.3 Å². The normalized spacial score (nSPS) is 18.0. The molecule has 120 valence electrons. The van der Waals surface area contributed by atoms with E-state index in [1.165, 1.54) is 0 Å². The van der Waals surface area contributed by atoms with Gasteiger partial charge >= 0.3 is 0 Å². The molecule has 0 aliphatic carbocycles. The second-order valence-electron chi connectivity index (χ2n) is 5.95. The van der Waals surface area contributed by atoms with Crippen LogP contribution in [0.1, 0.15) is 12.0 Å². The molecule has 0 bridgehead atoms. The number of amides is 2. The van der Waals surface area contributed by atoms with Gasteiger partial charge in [0.25, 0.3) is 0 Å². The second kappa shape index (κ2) is 7.89. The van der Waals surface area contributed by atoms with Crippen LogP contribution in [0.4, 0.5) is 0 Å². The highest BCUT2D eigenvalue weighted by molar-refractivity contribution is 5.89. The summed E-state index contributed by atoms with van der Waals surface area (Å²) in [5.41, 5.74) is 1.10. The SMILES string of the molecule is CN(C)CCN1C[C@@H](C(=O)NCCc2cccnc2)CC1=O. The van der Waals surface area contributed by atoms with Crippen LogP contribution >= 0.6 is 0 Å². The number of likely N-dealkylation sites (tertiary alicyclic amines) is 1. The van der Waals surface area contributed by atoms with Crippen molar-refractivity contribution in [1.29, 1.82) is 0 Å². The summed E-state index contributed by atoms with van der Waals surface area (Å²) in [7, 11) is 3.95. The Balaban J connectivity index is 1.73. The third kappa shape index (κ3) is 4.80. The maximum absolute atomic E-state index is 12.1. The summed E-state index contributed by atoms with van der Waals surface area (Å²) in [6.07, 6.45) is 4.61. The summed E-state index contributed by atoms with van der Waals surface area (Å²) >= 11 is 0. The van der Waals surface area contributed by atoms with Crippen LogP contribution < -0.4 is 5.32 Å². The average Bonchev–Trinajstić information content (AvgIpc) is 2.87. The minimum atomic E-state index is -0.219. The zero-order chi connectivity index (χ0) is 15.9. The van der Waals surface area contributed by atoms with Crippen molar-refractivity contribution < 1.29 is 9.59 Å². The first-order valence-corrected chi connectivity index (χ1v) is 7.65. The van der Waals surface area contributed by atoms with Gasteiger partial charge in [0.2, 0.25) is 11.8 Å². The van der Waals surface area contributed by atoms with Gasteiger partial charge in [0, 0.05) is 45.0 Å². The Labute approximate surface area is 131 Å². The van der Waals surface area contributed by atoms with Crippen molar-refractivity contribution in [1.82, 2.24) is 20.1 Å². The van der Waals surface area contributed by atoms with E-state index in [0.29, 0.717) is 26.1 Å². The quantitative estimate of drug-likeness (QED) is 0.779. The summed E-state index contributed by atoms with van der Waals surface area (Å²) in [6, 6.07) is 3.87. The van der Waals surface area contributed by atoms with Crippen molar-refractivity contribution in [3.8, 4) is 0 Å². The summed E-state index contributed by atoms with van der Waals surface area (Å²) in [5.74, 6) is -0.164. The van der Waals surface area contributed by atoms with Gasteiger partial charge < -0.3 is 15.1 Å². The van der Waals surface area contributed by atoms with Gasteiger partial charge in [-0.2, -0.15) is 0 Å². The van der Waals surface area contributed by atoms with E-state index >= 15 is 0 Å². The molecule has 0 radical (unpaired) electrons. The summed E-state index contributed by atoms with van der Waals surface area (Å²) in [5, 5.41) is 2.92. The van der Waals surface area contributed by atoms with E-state index in [2.05, 4.69) is 10.3 Å². The lowest BCUT2D eigenvalue weighted by atomic mass is 10.1. The third-order valence-corrected chi connectivity index (χ3v) is 3.84. The first-order valence-electron chi connectivity index (χ1n) is 7.65. The number of pyridine rings is 1. The molecule has 1 aliphatic heterocycles. The van der Waals surface area contributed by atoms with Crippen molar-refractivity contribution in [2.45, 2.75) is 12.8 Å². The van der Waals surface area contributed by atoms with Crippen molar-refractivity contribution in [3.05, 3.63) is 30.1 Å². The summed E-state index contributed by atoms with van der Waals surface area (Å²) < 4.78 is 0. The van der Waals surface area contributed by atoms with Crippen LogP contribution in [0.25, 0.3) is 0 Å². The number of aromatic nitrogens is 1. The molecule has 2 amide bonds. The van der Waals surface area contributed by atoms with Crippen molar-refractivity contribution in [2.24, 2.45) is 5.92 Å². The maximum Gasteiger partial charge on any atom is 0.225 e. The van der Waals surface area contributed by atoms with Gasteiger partial charge in [0.15, 0.2) is 0 Å². The van der Waals surface area contributed by atoms with E-state index in [4.69, 9.17) is 0 Å². The van der Waals surface area contributed by atoms with E-state index < -0.39 is 0 Å². The van der Waals surface area contributed by atoms with Crippen molar-refractivity contribution in [3.63, 3.8) is 0 Å². The Kier molecular flexibility index (Phi) is 5.89. The number of carbonyl (C=O) groups is 2. The monoisotopic (exact) mass is 304 g/mol. The minimum absolute atomic E-state index is 0.0235. The van der Waals surface area contributed by atoms with Crippen LogP contribution in [0.15, 0.2) is 24.5 Å². The molecule has 0 unspecified atom stereocenters. The Morgan fingerprint density at radius 2 is 2.32 bits per heavy atom. The first kappa shape index (κ1) is 16.4. The van der Waals surface area contributed by atoms with E-state index in [1.807, 2.05) is 31.1 Å². The van der Waals surface area contributed by atoms with Gasteiger partial charge in [0.1, 0.15) is 0 Å². The number of carbonyl (C=O) groups excluding carboxylic acids is 2. The molecular weight excluding hydrogens is 280 g/mol. The lowest BCUT2D eigenvalue weighted by Crippen LogP contribution is -2.36. The molecule has 1 N–H and O–H groups in total. The fourth-order valence-corrected chi connectivity index (χ4v) is 2.50. The van der Waals surface area contributed by atoms with Gasteiger partial charge in [-0.25, -0.2) is 0 Å². The summed E-state index contributed by atoms with van der Waals surface area (Å²) in [4.78, 5) is 31.9. The summed E-state index contributed by atoms with van der Waals surface area (Å²) in [6.45, 7) is 2.62. The van der Waals surface area contributed by atoms with Gasteiger partial charge in [-0.05, 0) is 32.1 Å². The van der Waals surface area contributed by atoms with Crippen LogP contribution in [0.5, 0.6) is 0 Å². The molecule has 2 rings (SSSR count). The van der Waals surface area contributed by atoms with Gasteiger partial charge in [-0.3, -0.25) is 14.6 Å². The fourth-order valence-electron chi connectivity index (χ4n) is 2.50. The lowest BCUT2D eigenvalue weighted by Gasteiger charge is -2.19. The van der Waals surface area contributed by atoms with Gasteiger partial charge in [0.05, 0.1) is 5.92 Å². The lowest BCUT2D eigenvalue weighted by molar-refractivity contribution is -0.129. The molecule has 0 aromatic carbocycles. The molecule has 22 heavy (non-hydrogen) atoms. The molecule has 0 saturated carbocycles. The molecular formula is C16H24N4O2. The Bertz CT molecular complexity index is 504. The highest BCUT2D eigenvalue weighted by Gasteiger charge is 2.33. The topological polar surface area (TPSA) is 65.5 Å². The molecule has 1 fully saturated rings. The van der Waals surface area contributed by atoms with Crippen LogP contribution in [0.2, 0.25) is 0 Å². The predicted octanol–water partition coefficient (Wildman–Crippen LogP) is 0.150. The van der Waals surface area contributed by atoms with E-state index in [9.17, 15) is 9.59 Å². The average molecular weight is 304 g/mol. The number of nitrogens with zero attached hydrogens (tertiary/aromatic N) is 3. The first-order chi connectivity index (χ1) is 10.6. The molecule has 6 heteroatoms. The van der Waals surface area contributed by atoms with Crippen LogP contribution in [0.3, 0.4) is 0 Å². The third-order valence-electron chi connectivity index (χ3n) is 3.84. The maximum atomic E-state index is 12.1. The van der Waals surface area contributed by atoms with Crippen LogP contribution in [-0.2, 0) is 16.0 Å². The minimum Gasteiger partial charge on any atom is -0.355 e. The van der Waals surface area contributed by atoms with E-state index in [0.717, 1.165) is 18.5 Å². The van der Waals surface area contributed by atoms with Crippen LogP contribution in [-0.4, -0.2) is 66.9 Å². The number of likely N-dealkylation sites (N-methyl/N-ethyl adjacent to an activating group) is 1.